The molecule has 0 bridgehead atoms. The molecule has 0 aliphatic heterocycles. The second kappa shape index (κ2) is 6.72. The second-order valence-electron chi connectivity index (χ2n) is 5.17. The molecule has 0 saturated carbocycles. The molecule has 2 heterocycles. The van der Waals surface area contributed by atoms with Crippen molar-refractivity contribution in [2.24, 2.45) is 0 Å². The molecule has 0 fully saturated rings. The third-order valence-corrected chi connectivity index (χ3v) is 4.82. The Morgan fingerprint density at radius 2 is 2.00 bits per heavy atom. The summed E-state index contributed by atoms with van der Waals surface area (Å²) in [4.78, 5) is 4.24. The lowest BCUT2D eigenvalue weighted by Gasteiger charge is -2.07. The van der Waals surface area contributed by atoms with E-state index in [0.29, 0.717) is 27.9 Å². The molecule has 3 rings (SSSR count). The van der Waals surface area contributed by atoms with Crippen molar-refractivity contribution in [2.75, 3.05) is 5.75 Å². The Labute approximate surface area is 138 Å². The van der Waals surface area contributed by atoms with Gasteiger partial charge >= 0.3 is 0 Å². The lowest BCUT2D eigenvalue weighted by molar-refractivity contribution is 0.146. The van der Waals surface area contributed by atoms with Gasteiger partial charge in [0.2, 0.25) is 0 Å². The van der Waals surface area contributed by atoms with Crippen LogP contribution < -0.4 is 0 Å². The number of rotatable bonds is 5. The maximum Gasteiger partial charge on any atom is 0.266 e. The van der Waals surface area contributed by atoms with Crippen LogP contribution in [-0.4, -0.2) is 24.7 Å². The first kappa shape index (κ1) is 16.6. The van der Waals surface area contributed by atoms with Gasteiger partial charge in [0.25, 0.3) is 6.43 Å². The van der Waals surface area contributed by atoms with Crippen LogP contribution in [-0.2, 0) is 16.7 Å². The monoisotopic (exact) mass is 353 g/mol. The largest absolute Gasteiger partial charge is 0.266 e. The number of aromatic nitrogens is 3. The predicted octanol–water partition coefficient (Wildman–Crippen LogP) is 3.90. The van der Waals surface area contributed by atoms with Crippen LogP contribution in [0.25, 0.3) is 22.2 Å². The highest BCUT2D eigenvalue weighted by atomic mass is 32.2. The topological polar surface area (TPSA) is 47.8 Å². The third-order valence-electron chi connectivity index (χ3n) is 3.65. The van der Waals surface area contributed by atoms with E-state index >= 15 is 0 Å². The highest BCUT2D eigenvalue weighted by Gasteiger charge is 2.15. The van der Waals surface area contributed by atoms with E-state index in [1.807, 2.05) is 6.92 Å². The minimum absolute atomic E-state index is 0.233. The fourth-order valence-corrected chi connectivity index (χ4v) is 3.00. The number of hydrogen-bond acceptors (Lipinski definition) is 3. The summed E-state index contributed by atoms with van der Waals surface area (Å²) < 4.78 is 52.5. The molecule has 0 radical (unpaired) electrons. The molecule has 126 valence electrons. The summed E-state index contributed by atoms with van der Waals surface area (Å²) in [5.41, 5.74) is 1.62. The van der Waals surface area contributed by atoms with Crippen molar-refractivity contribution >= 4 is 21.8 Å². The maximum atomic E-state index is 13.4. The minimum atomic E-state index is -2.89. The number of hydrogen-bond donors (Lipinski definition) is 0. The molecular formula is C16H14F3N3OS. The number of alkyl halides is 2. The number of pyridine rings is 1. The van der Waals surface area contributed by atoms with Gasteiger partial charge in [-0.15, -0.1) is 0 Å². The first-order chi connectivity index (χ1) is 11.5. The van der Waals surface area contributed by atoms with Gasteiger partial charge in [-0.2, -0.15) is 5.10 Å². The van der Waals surface area contributed by atoms with E-state index in [1.54, 1.807) is 16.9 Å². The van der Waals surface area contributed by atoms with Gasteiger partial charge in [-0.05, 0) is 23.8 Å². The van der Waals surface area contributed by atoms with Crippen molar-refractivity contribution in [2.45, 2.75) is 19.2 Å². The van der Waals surface area contributed by atoms with Crippen LogP contribution in [0.4, 0.5) is 13.2 Å². The zero-order chi connectivity index (χ0) is 17.3. The van der Waals surface area contributed by atoms with Gasteiger partial charge in [-0.1, -0.05) is 13.0 Å². The van der Waals surface area contributed by atoms with Crippen molar-refractivity contribution in [1.82, 2.24) is 14.8 Å². The quantitative estimate of drug-likeness (QED) is 0.699. The molecular weight excluding hydrogens is 339 g/mol. The smallest absolute Gasteiger partial charge is 0.258 e. The number of benzene rings is 1. The highest BCUT2D eigenvalue weighted by molar-refractivity contribution is 7.83. The molecule has 0 aliphatic carbocycles. The van der Waals surface area contributed by atoms with E-state index in [4.69, 9.17) is 0 Å². The second-order valence-corrected chi connectivity index (χ2v) is 6.88. The SMILES string of the molecule is CCS(=O)Cn1ncc2ncc(-c3ccc(F)c(C(F)F)c3)cc21. The molecule has 8 heteroatoms. The molecule has 0 spiro atoms. The Hall–Kier alpha value is -2.22. The van der Waals surface area contributed by atoms with Gasteiger partial charge in [0, 0.05) is 28.3 Å². The van der Waals surface area contributed by atoms with Crippen LogP contribution >= 0.6 is 0 Å². The number of fused-ring (bicyclic) bond motifs is 1. The van der Waals surface area contributed by atoms with Crippen LogP contribution in [0.5, 0.6) is 0 Å². The molecule has 0 amide bonds. The van der Waals surface area contributed by atoms with Crippen LogP contribution in [0.15, 0.2) is 36.7 Å². The fourth-order valence-electron chi connectivity index (χ4n) is 2.34. The lowest BCUT2D eigenvalue weighted by atomic mass is 10.0. The molecule has 0 saturated heterocycles. The van der Waals surface area contributed by atoms with Gasteiger partial charge in [0.1, 0.15) is 17.2 Å². The summed E-state index contributed by atoms with van der Waals surface area (Å²) in [5, 5.41) is 4.16. The zero-order valence-electron chi connectivity index (χ0n) is 12.7. The van der Waals surface area contributed by atoms with Gasteiger partial charge in [-0.25, -0.2) is 13.2 Å². The fraction of sp³-hybridized carbons (Fsp3) is 0.250. The third kappa shape index (κ3) is 3.19. The summed E-state index contributed by atoms with van der Waals surface area (Å²) in [7, 11) is -1.05. The zero-order valence-corrected chi connectivity index (χ0v) is 13.6. The molecule has 1 aromatic carbocycles. The Morgan fingerprint density at radius 1 is 1.21 bits per heavy atom. The maximum absolute atomic E-state index is 13.4. The van der Waals surface area contributed by atoms with Gasteiger partial charge in [0.05, 0.1) is 17.3 Å². The molecule has 3 aromatic rings. The van der Waals surface area contributed by atoms with Gasteiger partial charge in [-0.3, -0.25) is 13.9 Å². The van der Waals surface area contributed by atoms with Crippen LogP contribution in [0.2, 0.25) is 0 Å². The lowest BCUT2D eigenvalue weighted by Crippen LogP contribution is -2.07. The number of nitrogens with zero attached hydrogens (tertiary/aromatic N) is 3. The number of halogens is 3. The molecule has 1 unspecified atom stereocenters. The average molecular weight is 353 g/mol. The molecule has 1 atom stereocenters. The van der Waals surface area contributed by atoms with E-state index in [0.717, 1.165) is 12.1 Å². The van der Waals surface area contributed by atoms with Crippen molar-refractivity contribution in [3.8, 4) is 11.1 Å². The average Bonchev–Trinajstić information content (AvgIpc) is 2.97. The minimum Gasteiger partial charge on any atom is -0.258 e. The van der Waals surface area contributed by atoms with Gasteiger partial charge < -0.3 is 0 Å². The summed E-state index contributed by atoms with van der Waals surface area (Å²) in [6, 6.07) is 5.29. The van der Waals surface area contributed by atoms with E-state index in [1.165, 1.54) is 12.3 Å². The van der Waals surface area contributed by atoms with Crippen molar-refractivity contribution in [1.29, 1.82) is 0 Å². The first-order valence-electron chi connectivity index (χ1n) is 7.24. The first-order valence-corrected chi connectivity index (χ1v) is 8.73. The summed E-state index contributed by atoms with van der Waals surface area (Å²) >= 11 is 0. The van der Waals surface area contributed by atoms with E-state index < -0.39 is 28.6 Å². The molecule has 0 N–H and O–H groups in total. The van der Waals surface area contributed by atoms with Crippen LogP contribution in [0.1, 0.15) is 18.9 Å². The Bertz CT molecular complexity index is 911. The predicted molar refractivity (Wildman–Crippen MR) is 86.6 cm³/mol. The molecule has 4 nitrogen and oxygen atoms in total. The van der Waals surface area contributed by atoms with Crippen molar-refractivity contribution in [3.05, 3.63) is 48.0 Å². The van der Waals surface area contributed by atoms with E-state index in [2.05, 4.69) is 10.1 Å². The molecule has 24 heavy (non-hydrogen) atoms. The van der Waals surface area contributed by atoms with Gasteiger partial charge in [0.15, 0.2) is 0 Å². The molecule has 2 aromatic heterocycles. The van der Waals surface area contributed by atoms with Crippen molar-refractivity contribution < 1.29 is 17.4 Å². The van der Waals surface area contributed by atoms with E-state index in [-0.39, 0.29) is 5.88 Å². The Morgan fingerprint density at radius 3 is 2.71 bits per heavy atom. The van der Waals surface area contributed by atoms with Crippen LogP contribution in [0.3, 0.4) is 0 Å². The summed E-state index contributed by atoms with van der Waals surface area (Å²) in [5.74, 6) is -0.202. The van der Waals surface area contributed by atoms with Crippen molar-refractivity contribution in [3.63, 3.8) is 0 Å². The van der Waals surface area contributed by atoms with Crippen LogP contribution in [0, 0.1) is 5.82 Å². The standard InChI is InChI=1S/C16H14F3N3OS/c1-2-24(23)9-22-15-6-11(7-20-14(15)8-21-22)10-3-4-13(17)12(5-10)16(18)19/h3-8,16H,2,9H2,1H3. The van der Waals surface area contributed by atoms with E-state index in [9.17, 15) is 17.4 Å². The summed E-state index contributed by atoms with van der Waals surface area (Å²) in [6.07, 6.45) is 0.189. The normalized spacial score (nSPS) is 12.9. The Kier molecular flexibility index (Phi) is 4.66. The molecule has 0 aliphatic rings. The highest BCUT2D eigenvalue weighted by Crippen LogP contribution is 2.29. The summed E-state index contributed by atoms with van der Waals surface area (Å²) in [6.45, 7) is 1.82. The Balaban J connectivity index is 2.06.